The summed E-state index contributed by atoms with van der Waals surface area (Å²) in [6.45, 7) is 3.06. The first kappa shape index (κ1) is 18.3. The fourth-order valence-corrected chi connectivity index (χ4v) is 3.19. The van der Waals surface area contributed by atoms with E-state index in [1.165, 1.54) is 0 Å². The fourth-order valence-electron chi connectivity index (χ4n) is 3.19. The third-order valence-corrected chi connectivity index (χ3v) is 4.73. The van der Waals surface area contributed by atoms with E-state index in [-0.39, 0.29) is 12.5 Å². The van der Waals surface area contributed by atoms with E-state index in [0.717, 1.165) is 22.2 Å². The number of hydrogen-bond donors (Lipinski definition) is 1. The molecule has 28 heavy (non-hydrogen) atoms. The molecule has 0 atom stereocenters. The van der Waals surface area contributed by atoms with Crippen LogP contribution in [0, 0.1) is 0 Å². The Labute approximate surface area is 164 Å². The Balaban J connectivity index is 1.38. The summed E-state index contributed by atoms with van der Waals surface area (Å²) in [5.74, 6) is 0.648. The highest BCUT2D eigenvalue weighted by atomic mass is 16.5. The van der Waals surface area contributed by atoms with Crippen LogP contribution >= 0.6 is 0 Å². The van der Waals surface area contributed by atoms with E-state index >= 15 is 0 Å². The molecule has 0 aliphatic carbocycles. The zero-order chi connectivity index (χ0) is 19.2. The van der Waals surface area contributed by atoms with Crippen LogP contribution in [0.4, 0.5) is 5.69 Å². The number of rotatable bonds is 6. The maximum atomic E-state index is 12.3. The standard InChI is InChI=1S/C22H23N3O3/c26-22(25-9-11-27-12-10-25)16-28-21-8-4-3-7-20(21)24-15-17-13-18-5-1-2-6-19(18)23-14-17/h1-8,13-14,24H,9-12,15-16H2. The highest BCUT2D eigenvalue weighted by Gasteiger charge is 2.17. The Morgan fingerprint density at radius 3 is 2.79 bits per heavy atom. The summed E-state index contributed by atoms with van der Waals surface area (Å²) in [4.78, 5) is 18.6. The summed E-state index contributed by atoms with van der Waals surface area (Å²) in [5, 5.41) is 4.50. The van der Waals surface area contributed by atoms with E-state index < -0.39 is 0 Å². The summed E-state index contributed by atoms with van der Waals surface area (Å²) >= 11 is 0. The number of para-hydroxylation sites is 3. The molecule has 1 amide bonds. The first-order valence-corrected chi connectivity index (χ1v) is 9.44. The number of nitrogens with one attached hydrogen (secondary N) is 1. The van der Waals surface area contributed by atoms with Gasteiger partial charge in [-0.3, -0.25) is 9.78 Å². The number of benzene rings is 2. The van der Waals surface area contributed by atoms with Crippen LogP contribution in [0.25, 0.3) is 10.9 Å². The van der Waals surface area contributed by atoms with Gasteiger partial charge in [0.1, 0.15) is 5.75 Å². The average molecular weight is 377 g/mol. The number of hydrogen-bond acceptors (Lipinski definition) is 5. The summed E-state index contributed by atoms with van der Waals surface area (Å²) in [5.41, 5.74) is 2.92. The molecule has 4 rings (SSSR count). The van der Waals surface area contributed by atoms with Gasteiger partial charge < -0.3 is 19.7 Å². The van der Waals surface area contributed by atoms with Gasteiger partial charge in [0.05, 0.1) is 24.4 Å². The Hall–Kier alpha value is -3.12. The van der Waals surface area contributed by atoms with Crippen LogP contribution in [0.5, 0.6) is 5.75 Å². The van der Waals surface area contributed by atoms with Crippen molar-refractivity contribution in [2.24, 2.45) is 0 Å². The molecule has 0 spiro atoms. The van der Waals surface area contributed by atoms with Crippen LogP contribution in [0.2, 0.25) is 0 Å². The second-order valence-corrected chi connectivity index (χ2v) is 6.67. The minimum Gasteiger partial charge on any atom is -0.482 e. The molecular weight excluding hydrogens is 354 g/mol. The molecule has 6 nitrogen and oxygen atoms in total. The molecule has 0 unspecified atom stereocenters. The number of pyridine rings is 1. The lowest BCUT2D eigenvalue weighted by atomic mass is 10.1. The number of ether oxygens (including phenoxy) is 2. The van der Waals surface area contributed by atoms with Gasteiger partial charge in [0, 0.05) is 31.2 Å². The summed E-state index contributed by atoms with van der Waals surface area (Å²) in [6, 6.07) is 17.8. The number of carbonyl (C=O) groups excluding carboxylic acids is 1. The molecule has 2 aromatic carbocycles. The van der Waals surface area contributed by atoms with Crippen molar-refractivity contribution >= 4 is 22.5 Å². The number of anilines is 1. The summed E-state index contributed by atoms with van der Waals surface area (Å²) < 4.78 is 11.1. The second kappa shape index (κ2) is 8.71. The van der Waals surface area contributed by atoms with Crippen LogP contribution < -0.4 is 10.1 Å². The van der Waals surface area contributed by atoms with Crippen LogP contribution in [0.3, 0.4) is 0 Å². The van der Waals surface area contributed by atoms with Crippen molar-refractivity contribution in [2.45, 2.75) is 6.54 Å². The van der Waals surface area contributed by atoms with Gasteiger partial charge in [-0.15, -0.1) is 0 Å². The highest BCUT2D eigenvalue weighted by Crippen LogP contribution is 2.25. The van der Waals surface area contributed by atoms with Gasteiger partial charge in [0.2, 0.25) is 0 Å². The van der Waals surface area contributed by atoms with Crippen LogP contribution in [-0.2, 0) is 16.1 Å². The highest BCUT2D eigenvalue weighted by molar-refractivity contribution is 5.79. The molecule has 1 fully saturated rings. The fraction of sp³-hybridized carbons (Fsp3) is 0.273. The topological polar surface area (TPSA) is 63.7 Å². The van der Waals surface area contributed by atoms with Crippen molar-refractivity contribution in [3.63, 3.8) is 0 Å². The maximum Gasteiger partial charge on any atom is 0.260 e. The normalized spacial score (nSPS) is 14.1. The number of carbonyl (C=O) groups is 1. The smallest absolute Gasteiger partial charge is 0.260 e. The lowest BCUT2D eigenvalue weighted by Gasteiger charge is -2.26. The number of fused-ring (bicyclic) bond motifs is 1. The molecule has 1 aromatic heterocycles. The average Bonchev–Trinajstić information content (AvgIpc) is 2.77. The minimum absolute atomic E-state index is 0.0168. The molecule has 1 aliphatic heterocycles. The monoisotopic (exact) mass is 377 g/mol. The van der Waals surface area contributed by atoms with Crippen molar-refractivity contribution < 1.29 is 14.3 Å². The second-order valence-electron chi connectivity index (χ2n) is 6.67. The molecule has 3 aromatic rings. The molecule has 0 saturated carbocycles. The zero-order valence-electron chi connectivity index (χ0n) is 15.6. The lowest BCUT2D eigenvalue weighted by molar-refractivity contribution is -0.137. The van der Waals surface area contributed by atoms with Crippen LogP contribution in [0.1, 0.15) is 5.56 Å². The number of morpholine rings is 1. The third-order valence-electron chi connectivity index (χ3n) is 4.73. The van der Waals surface area contributed by atoms with E-state index in [1.54, 1.807) is 4.90 Å². The van der Waals surface area contributed by atoms with Crippen LogP contribution in [-0.4, -0.2) is 48.7 Å². The zero-order valence-corrected chi connectivity index (χ0v) is 15.6. The molecule has 6 heteroatoms. The predicted octanol–water partition coefficient (Wildman–Crippen LogP) is 3.08. The lowest BCUT2D eigenvalue weighted by Crippen LogP contribution is -2.43. The minimum atomic E-state index is -0.0168. The first-order valence-electron chi connectivity index (χ1n) is 9.44. The third kappa shape index (κ3) is 4.40. The summed E-state index contributed by atoms with van der Waals surface area (Å²) in [6.07, 6.45) is 1.88. The van der Waals surface area contributed by atoms with Crippen molar-refractivity contribution in [3.05, 3.63) is 66.4 Å². The van der Waals surface area contributed by atoms with E-state index in [9.17, 15) is 4.79 Å². The molecular formula is C22H23N3O3. The Kier molecular flexibility index (Phi) is 5.68. The number of amides is 1. The SMILES string of the molecule is O=C(COc1ccccc1NCc1cnc2ccccc2c1)N1CCOCC1. The Morgan fingerprint density at radius 1 is 1.11 bits per heavy atom. The Morgan fingerprint density at radius 2 is 1.89 bits per heavy atom. The molecule has 0 radical (unpaired) electrons. The molecule has 1 saturated heterocycles. The van der Waals surface area contributed by atoms with Gasteiger partial charge in [-0.2, -0.15) is 0 Å². The van der Waals surface area contributed by atoms with E-state index in [1.807, 2.05) is 48.7 Å². The molecule has 144 valence electrons. The largest absolute Gasteiger partial charge is 0.482 e. The van der Waals surface area contributed by atoms with Crippen molar-refractivity contribution in [2.75, 3.05) is 38.2 Å². The number of nitrogens with zero attached hydrogens (tertiary/aromatic N) is 2. The Bertz CT molecular complexity index is 954. The summed E-state index contributed by atoms with van der Waals surface area (Å²) in [7, 11) is 0. The van der Waals surface area contributed by atoms with Crippen molar-refractivity contribution in [1.82, 2.24) is 9.88 Å². The van der Waals surface area contributed by atoms with Gasteiger partial charge in [-0.25, -0.2) is 0 Å². The van der Waals surface area contributed by atoms with Crippen molar-refractivity contribution in [1.29, 1.82) is 0 Å². The quantitative estimate of drug-likeness (QED) is 0.715. The molecule has 1 N–H and O–H groups in total. The van der Waals surface area contributed by atoms with Gasteiger partial charge in [-0.1, -0.05) is 30.3 Å². The van der Waals surface area contributed by atoms with E-state index in [2.05, 4.69) is 22.4 Å². The van der Waals surface area contributed by atoms with Gasteiger partial charge in [-0.05, 0) is 29.8 Å². The molecule has 0 bridgehead atoms. The molecule has 1 aliphatic rings. The van der Waals surface area contributed by atoms with Crippen molar-refractivity contribution in [3.8, 4) is 5.75 Å². The van der Waals surface area contributed by atoms with Gasteiger partial charge in [0.15, 0.2) is 6.61 Å². The number of aromatic nitrogens is 1. The maximum absolute atomic E-state index is 12.3. The predicted molar refractivity (Wildman–Crippen MR) is 108 cm³/mol. The van der Waals surface area contributed by atoms with E-state index in [0.29, 0.717) is 38.6 Å². The van der Waals surface area contributed by atoms with Crippen LogP contribution in [0.15, 0.2) is 60.8 Å². The van der Waals surface area contributed by atoms with E-state index in [4.69, 9.17) is 9.47 Å². The van der Waals surface area contributed by atoms with Gasteiger partial charge in [0.25, 0.3) is 5.91 Å². The molecule has 2 heterocycles. The van der Waals surface area contributed by atoms with Gasteiger partial charge >= 0.3 is 0 Å². The first-order chi connectivity index (χ1) is 13.8.